The van der Waals surface area contributed by atoms with Crippen molar-refractivity contribution in [1.82, 2.24) is 0 Å². The van der Waals surface area contributed by atoms with E-state index in [9.17, 15) is 10.2 Å². The Bertz CT molecular complexity index is 904. The lowest BCUT2D eigenvalue weighted by atomic mass is 9.70. The number of unbranched alkanes of at least 4 members (excludes halogenated alkanes) is 10. The molecule has 0 amide bonds. The first-order chi connectivity index (χ1) is 17.9. The van der Waals surface area contributed by atoms with Gasteiger partial charge in [-0.2, -0.15) is 0 Å². The lowest BCUT2D eigenvalue weighted by molar-refractivity contribution is 0.0834. The van der Waals surface area contributed by atoms with Gasteiger partial charge in [0.15, 0.2) is 0 Å². The van der Waals surface area contributed by atoms with E-state index < -0.39 is 6.10 Å². The minimum absolute atomic E-state index is 0.124. The molecule has 2 aromatic carbocycles. The van der Waals surface area contributed by atoms with Crippen molar-refractivity contribution in [2.45, 2.75) is 134 Å². The molecule has 0 radical (unpaired) electrons. The highest BCUT2D eigenvalue weighted by Crippen LogP contribution is 2.55. The van der Waals surface area contributed by atoms with E-state index in [0.717, 1.165) is 12.8 Å². The van der Waals surface area contributed by atoms with Crippen LogP contribution in [0.2, 0.25) is 0 Å². The Labute approximate surface area is 242 Å². The van der Waals surface area contributed by atoms with Gasteiger partial charge >= 0.3 is 0 Å². The molecule has 0 bridgehead atoms. The van der Waals surface area contributed by atoms with Gasteiger partial charge in [0.1, 0.15) is 0 Å². The van der Waals surface area contributed by atoms with Crippen LogP contribution in [-0.4, -0.2) is 22.4 Å². The maximum atomic E-state index is 9.90. The van der Waals surface area contributed by atoms with Crippen molar-refractivity contribution >= 4 is 31.9 Å². The van der Waals surface area contributed by atoms with Gasteiger partial charge in [-0.15, -0.1) is 0 Å². The Morgan fingerprint density at radius 1 is 0.676 bits per heavy atom. The zero-order chi connectivity index (χ0) is 26.7. The van der Waals surface area contributed by atoms with Crippen LogP contribution in [-0.2, 0) is 5.41 Å². The number of hydrogen-bond donors (Lipinski definition) is 2. The normalized spacial score (nSPS) is 15.4. The average molecular weight is 637 g/mol. The van der Waals surface area contributed by atoms with E-state index in [4.69, 9.17) is 0 Å². The average Bonchev–Trinajstić information content (AvgIpc) is 3.11. The molecule has 0 fully saturated rings. The van der Waals surface area contributed by atoms with E-state index in [-0.39, 0.29) is 11.5 Å². The topological polar surface area (TPSA) is 40.5 Å². The molecular formula is C33H48Br2O2. The second-order valence-corrected chi connectivity index (χ2v) is 13.2. The molecule has 2 unspecified atom stereocenters. The van der Waals surface area contributed by atoms with E-state index in [1.165, 1.54) is 115 Å². The van der Waals surface area contributed by atoms with Gasteiger partial charge in [0.05, 0.1) is 12.2 Å². The molecule has 3 rings (SSSR count). The van der Waals surface area contributed by atoms with Gasteiger partial charge in [0.2, 0.25) is 0 Å². The Kier molecular flexibility index (Phi) is 13.2. The molecule has 4 heteroatoms. The lowest BCUT2D eigenvalue weighted by Gasteiger charge is -2.33. The first-order valence-electron chi connectivity index (χ1n) is 14.8. The molecule has 2 aromatic rings. The molecule has 206 valence electrons. The summed E-state index contributed by atoms with van der Waals surface area (Å²) in [5, 5.41) is 19.3. The Hall–Kier alpha value is -0.680. The van der Waals surface area contributed by atoms with Crippen molar-refractivity contribution in [3.05, 3.63) is 56.5 Å². The van der Waals surface area contributed by atoms with Crippen LogP contribution in [0.25, 0.3) is 11.1 Å². The summed E-state index contributed by atoms with van der Waals surface area (Å²) < 4.78 is 2.38. The van der Waals surface area contributed by atoms with Gasteiger partial charge in [-0.05, 0) is 79.1 Å². The zero-order valence-corrected chi connectivity index (χ0v) is 26.3. The summed E-state index contributed by atoms with van der Waals surface area (Å²) in [6.07, 6.45) is 18.3. The lowest BCUT2D eigenvalue weighted by Crippen LogP contribution is -2.25. The molecule has 37 heavy (non-hydrogen) atoms. The quantitative estimate of drug-likeness (QED) is 0.160. The Morgan fingerprint density at radius 2 is 1.14 bits per heavy atom. The van der Waals surface area contributed by atoms with Gasteiger partial charge < -0.3 is 10.2 Å². The molecule has 0 spiro atoms. The zero-order valence-electron chi connectivity index (χ0n) is 23.1. The predicted octanol–water partition coefficient (Wildman–Crippen LogP) is 10.5. The fourth-order valence-corrected chi connectivity index (χ4v) is 7.06. The van der Waals surface area contributed by atoms with Crippen LogP contribution in [0.4, 0.5) is 0 Å². The largest absolute Gasteiger partial charge is 0.393 e. The fourth-order valence-electron chi connectivity index (χ4n) is 6.34. The van der Waals surface area contributed by atoms with E-state index in [2.05, 4.69) is 75.2 Å². The van der Waals surface area contributed by atoms with Crippen LogP contribution >= 0.6 is 31.9 Å². The van der Waals surface area contributed by atoms with E-state index in [1.54, 1.807) is 6.92 Å². The third kappa shape index (κ3) is 8.92. The second kappa shape index (κ2) is 15.8. The van der Waals surface area contributed by atoms with Gasteiger partial charge in [-0.3, -0.25) is 0 Å². The van der Waals surface area contributed by atoms with Crippen molar-refractivity contribution in [3.8, 4) is 11.1 Å². The smallest absolute Gasteiger partial charge is 0.0564 e. The number of aliphatic hydroxyl groups is 2. The van der Waals surface area contributed by atoms with E-state index in [1.807, 2.05) is 0 Å². The predicted molar refractivity (Wildman–Crippen MR) is 165 cm³/mol. The van der Waals surface area contributed by atoms with Crippen LogP contribution in [0.15, 0.2) is 45.3 Å². The number of hydrogen-bond acceptors (Lipinski definition) is 2. The molecule has 1 aliphatic rings. The highest BCUT2D eigenvalue weighted by molar-refractivity contribution is 9.10. The maximum Gasteiger partial charge on any atom is 0.0564 e. The summed E-state index contributed by atoms with van der Waals surface area (Å²) in [5.41, 5.74) is 6.05. The summed E-state index contributed by atoms with van der Waals surface area (Å²) in [6, 6.07) is 13.9. The fraction of sp³-hybridized carbons (Fsp3) is 0.636. The van der Waals surface area contributed by atoms with Crippen LogP contribution in [0.1, 0.15) is 128 Å². The number of rotatable bonds is 18. The summed E-state index contributed by atoms with van der Waals surface area (Å²) in [6.45, 7) is 4.05. The van der Waals surface area contributed by atoms with Crippen LogP contribution < -0.4 is 0 Å². The first-order valence-corrected chi connectivity index (χ1v) is 16.4. The summed E-state index contributed by atoms with van der Waals surface area (Å²) in [5.74, 6) is 0. The van der Waals surface area contributed by atoms with Crippen molar-refractivity contribution in [2.75, 3.05) is 0 Å². The Balaban J connectivity index is 1.54. The highest BCUT2D eigenvalue weighted by atomic mass is 79.9. The second-order valence-electron chi connectivity index (χ2n) is 11.4. The Morgan fingerprint density at radius 3 is 1.62 bits per heavy atom. The van der Waals surface area contributed by atoms with Crippen LogP contribution in [0.5, 0.6) is 0 Å². The monoisotopic (exact) mass is 634 g/mol. The van der Waals surface area contributed by atoms with Crippen molar-refractivity contribution in [3.63, 3.8) is 0 Å². The molecule has 0 heterocycles. The third-order valence-corrected chi connectivity index (χ3v) is 9.23. The molecule has 2 atom stereocenters. The number of halogens is 2. The van der Waals surface area contributed by atoms with Gasteiger partial charge in [0.25, 0.3) is 0 Å². The molecule has 0 saturated carbocycles. The minimum atomic E-state index is -0.403. The number of benzene rings is 2. The number of aliphatic hydroxyl groups excluding tert-OH is 2. The summed E-state index contributed by atoms with van der Waals surface area (Å²) in [4.78, 5) is 0. The van der Waals surface area contributed by atoms with Crippen LogP contribution in [0, 0.1) is 0 Å². The molecule has 0 aromatic heterocycles. The standard InChI is InChI=1S/C33H48Br2O2/c1-3-4-5-13-20-33(21-14-11-9-7-6-8-10-12-15-28(37)22-25(2)36)31-23-26(34)16-18-29(31)30-19-17-27(35)24-32(30)33/h16-19,23-25,28,36-37H,3-15,20-22H2,1-2H3. The maximum absolute atomic E-state index is 9.90. The van der Waals surface area contributed by atoms with Gasteiger partial charge in [0, 0.05) is 14.4 Å². The van der Waals surface area contributed by atoms with Crippen LogP contribution in [0.3, 0.4) is 0 Å². The van der Waals surface area contributed by atoms with E-state index in [0.29, 0.717) is 6.42 Å². The molecule has 0 aliphatic heterocycles. The van der Waals surface area contributed by atoms with Gasteiger partial charge in [-0.25, -0.2) is 0 Å². The van der Waals surface area contributed by atoms with Crippen molar-refractivity contribution < 1.29 is 10.2 Å². The molecule has 1 aliphatic carbocycles. The third-order valence-electron chi connectivity index (χ3n) is 8.25. The molecule has 0 saturated heterocycles. The minimum Gasteiger partial charge on any atom is -0.393 e. The molecular weight excluding hydrogens is 588 g/mol. The summed E-state index contributed by atoms with van der Waals surface area (Å²) in [7, 11) is 0. The summed E-state index contributed by atoms with van der Waals surface area (Å²) >= 11 is 7.56. The highest BCUT2D eigenvalue weighted by Gasteiger charge is 2.42. The number of fused-ring (bicyclic) bond motifs is 3. The van der Waals surface area contributed by atoms with Gasteiger partial charge in [-0.1, -0.05) is 128 Å². The SMILES string of the molecule is CCCCCCC1(CCCCCCCCCCC(O)CC(C)O)c2cc(Br)ccc2-c2ccc(Br)cc21. The van der Waals surface area contributed by atoms with Crippen molar-refractivity contribution in [2.24, 2.45) is 0 Å². The first kappa shape index (κ1) is 30.9. The molecule has 2 nitrogen and oxygen atoms in total. The molecule has 2 N–H and O–H groups in total. The van der Waals surface area contributed by atoms with E-state index >= 15 is 0 Å². The van der Waals surface area contributed by atoms with Crippen molar-refractivity contribution in [1.29, 1.82) is 0 Å².